The molecule has 0 aliphatic rings. The van der Waals surface area contributed by atoms with Crippen LogP contribution >= 0.6 is 0 Å². The Kier molecular flexibility index (Phi) is 36.2. The molecule has 0 aromatic rings. The maximum absolute atomic E-state index is 8.33. The van der Waals surface area contributed by atoms with Crippen LogP contribution < -0.4 is 10.2 Å². The zero-order chi connectivity index (χ0) is 7.15. The second-order valence-electron chi connectivity index (χ2n) is 0.474. The Balaban J connectivity index is -0.0000000300. The van der Waals surface area contributed by atoms with Gasteiger partial charge in [-0.15, -0.1) is 0 Å². The third-order valence-corrected chi connectivity index (χ3v) is 0. The predicted molar refractivity (Wildman–Crippen MR) is 19.4 cm³/mol. The molecule has 10 heavy (non-hydrogen) atoms. The summed E-state index contributed by atoms with van der Waals surface area (Å²) in [4.78, 5) is 16.6. The van der Waals surface area contributed by atoms with E-state index in [0.29, 0.717) is 0 Å². The summed E-state index contributed by atoms with van der Waals surface area (Å²) in [6, 6.07) is 0. The van der Waals surface area contributed by atoms with Gasteiger partial charge in [0.15, 0.2) is 0 Å². The average molecular weight is 199 g/mol. The number of carbonyl (C=O) groups is 1. The van der Waals surface area contributed by atoms with Crippen molar-refractivity contribution in [3.05, 3.63) is 15.3 Å². The SMILES string of the molecule is O.O=C([O-])[O-].O=[N+]([O-])[O-].[Co+3]. The minimum absolute atomic E-state index is 0. The smallest absolute Gasteiger partial charge is 0.652 e. The number of carboxylic acid groups (broad SMARTS) is 2. The Hall–Kier alpha value is -1.06. The molecule has 0 aromatic carbocycles. The molecule has 0 saturated heterocycles. The van der Waals surface area contributed by atoms with Gasteiger partial charge in [-0.05, 0) is 6.16 Å². The number of carbonyl (C=O) groups excluding carboxylic acids is 1. The van der Waals surface area contributed by atoms with Crippen LogP contribution in [-0.2, 0) is 16.8 Å². The summed E-state index contributed by atoms with van der Waals surface area (Å²) in [7, 11) is 0. The van der Waals surface area contributed by atoms with Crippen molar-refractivity contribution in [3.63, 3.8) is 0 Å². The van der Waals surface area contributed by atoms with Gasteiger partial charge in [-0.2, -0.15) is 0 Å². The van der Waals surface area contributed by atoms with Crippen LogP contribution in [0.2, 0.25) is 0 Å². The number of hydrogen-bond acceptors (Lipinski definition) is 6. The van der Waals surface area contributed by atoms with Crippen LogP contribution in [0, 0.1) is 15.3 Å². The summed E-state index contributed by atoms with van der Waals surface area (Å²) in [5, 5.41) is 31.4. The standard InChI is InChI=1S/CH2O3.Co.NO3.H2O/c2-1(3)4;;2-1(3)4;/h(H2,2,3,4);;;1H2/q;+3;-1;/p-2. The molecule has 8 nitrogen and oxygen atoms in total. The van der Waals surface area contributed by atoms with Crippen molar-refractivity contribution in [1.29, 1.82) is 0 Å². The minimum atomic E-state index is -2.33. The molecule has 0 heterocycles. The summed E-state index contributed by atoms with van der Waals surface area (Å²) < 4.78 is 0. The molecule has 9 heteroatoms. The number of rotatable bonds is 0. The van der Waals surface area contributed by atoms with Crippen LogP contribution in [0.1, 0.15) is 0 Å². The van der Waals surface area contributed by atoms with E-state index in [0.717, 1.165) is 0 Å². The molecular formula is CH2CoNO7. The largest absolute Gasteiger partial charge is 3.00 e. The molecule has 0 unspecified atom stereocenters. The van der Waals surface area contributed by atoms with Gasteiger partial charge in [0, 0.05) is 0 Å². The van der Waals surface area contributed by atoms with Gasteiger partial charge in [-0.1, -0.05) is 0 Å². The molecule has 0 saturated carbocycles. The third kappa shape index (κ3) is 216. The first-order valence-corrected chi connectivity index (χ1v) is 1.16. The fourth-order valence-corrected chi connectivity index (χ4v) is 0. The van der Waals surface area contributed by atoms with Gasteiger partial charge in [0.05, 0.1) is 5.09 Å². The average Bonchev–Trinajstić information content (AvgIpc) is 1.25. The minimum Gasteiger partial charge on any atom is -0.652 e. The van der Waals surface area contributed by atoms with Crippen LogP contribution in [0.15, 0.2) is 0 Å². The fraction of sp³-hybridized carbons (Fsp3) is 0. The summed E-state index contributed by atoms with van der Waals surface area (Å²) in [5.41, 5.74) is 0. The van der Waals surface area contributed by atoms with Crippen molar-refractivity contribution in [1.82, 2.24) is 0 Å². The first-order valence-electron chi connectivity index (χ1n) is 1.16. The van der Waals surface area contributed by atoms with E-state index in [9.17, 15) is 0 Å². The first-order chi connectivity index (χ1) is 3.46. The quantitative estimate of drug-likeness (QED) is 0.290. The Morgan fingerprint density at radius 1 is 1.20 bits per heavy atom. The maximum Gasteiger partial charge on any atom is 3.00 e. The first kappa shape index (κ1) is 23.1. The van der Waals surface area contributed by atoms with E-state index >= 15 is 0 Å². The molecular weight excluding hydrogens is 197 g/mol. The van der Waals surface area contributed by atoms with Gasteiger partial charge >= 0.3 is 16.8 Å². The molecule has 2 N–H and O–H groups in total. The van der Waals surface area contributed by atoms with E-state index in [4.69, 9.17) is 30.3 Å². The molecule has 0 radical (unpaired) electrons. The molecule has 0 amide bonds. The zero-order valence-electron chi connectivity index (χ0n) is 4.23. The Labute approximate surface area is 64.7 Å². The van der Waals surface area contributed by atoms with E-state index < -0.39 is 11.2 Å². The molecule has 0 bridgehead atoms. The van der Waals surface area contributed by atoms with E-state index in [2.05, 4.69) is 0 Å². The summed E-state index contributed by atoms with van der Waals surface area (Å²) >= 11 is 0. The summed E-state index contributed by atoms with van der Waals surface area (Å²) in [6.07, 6.45) is -2.33. The van der Waals surface area contributed by atoms with Crippen LogP contribution in [0.3, 0.4) is 0 Å². The summed E-state index contributed by atoms with van der Waals surface area (Å²) in [5.74, 6) is 0. The maximum atomic E-state index is 8.33. The Bertz CT molecular complexity index is 71.6. The van der Waals surface area contributed by atoms with E-state index in [-0.39, 0.29) is 22.3 Å². The monoisotopic (exact) mass is 199 g/mol. The zero-order valence-corrected chi connectivity index (χ0v) is 5.27. The molecule has 0 aliphatic carbocycles. The predicted octanol–water partition coefficient (Wildman–Crippen LogP) is -3.51. The van der Waals surface area contributed by atoms with Gasteiger partial charge < -0.3 is 35.8 Å². The molecule has 0 fully saturated rings. The van der Waals surface area contributed by atoms with Gasteiger partial charge in [0.25, 0.3) is 0 Å². The van der Waals surface area contributed by atoms with E-state index in [1.165, 1.54) is 0 Å². The van der Waals surface area contributed by atoms with Crippen LogP contribution in [0.4, 0.5) is 4.79 Å². The Morgan fingerprint density at radius 2 is 1.20 bits per heavy atom. The molecule has 0 aliphatic heterocycles. The topological polar surface area (TPSA) is 161 Å². The second-order valence-corrected chi connectivity index (χ2v) is 0.474. The molecule has 0 rings (SSSR count). The van der Waals surface area contributed by atoms with Crippen LogP contribution in [0.25, 0.3) is 0 Å². The van der Waals surface area contributed by atoms with E-state index in [1.54, 1.807) is 0 Å². The van der Waals surface area contributed by atoms with Gasteiger partial charge in [0.1, 0.15) is 0 Å². The Morgan fingerprint density at radius 3 is 1.20 bits per heavy atom. The molecule has 0 atom stereocenters. The normalized spacial score (nSPS) is 4.80. The number of hydrogen-bond donors (Lipinski definition) is 0. The van der Waals surface area contributed by atoms with Crippen molar-refractivity contribution in [2.24, 2.45) is 0 Å². The van der Waals surface area contributed by atoms with Crippen molar-refractivity contribution in [3.8, 4) is 0 Å². The van der Waals surface area contributed by atoms with Gasteiger partial charge in [0.2, 0.25) is 0 Å². The summed E-state index contributed by atoms with van der Waals surface area (Å²) in [6.45, 7) is 0. The van der Waals surface area contributed by atoms with E-state index in [1.807, 2.05) is 0 Å². The van der Waals surface area contributed by atoms with Crippen molar-refractivity contribution in [2.75, 3.05) is 0 Å². The van der Waals surface area contributed by atoms with Gasteiger partial charge in [-0.25, -0.2) is 0 Å². The van der Waals surface area contributed by atoms with Crippen LogP contribution in [0.5, 0.6) is 0 Å². The molecule has 62 valence electrons. The molecule has 0 spiro atoms. The number of nitrogens with zero attached hydrogens (tertiary/aromatic N) is 1. The third-order valence-electron chi connectivity index (χ3n) is 0. The molecule has 0 aromatic heterocycles. The van der Waals surface area contributed by atoms with Crippen molar-refractivity contribution >= 4 is 6.16 Å². The van der Waals surface area contributed by atoms with Gasteiger partial charge in [-0.3, -0.25) is 0 Å². The van der Waals surface area contributed by atoms with Crippen molar-refractivity contribution in [2.45, 2.75) is 0 Å². The van der Waals surface area contributed by atoms with Crippen molar-refractivity contribution < 1.29 is 42.3 Å². The second kappa shape index (κ2) is 15.7. The van der Waals surface area contributed by atoms with Crippen LogP contribution in [-0.4, -0.2) is 16.7 Å². The fourth-order valence-electron chi connectivity index (χ4n) is 0.